The minimum atomic E-state index is 0.689. The van der Waals surface area contributed by atoms with Gasteiger partial charge in [0.25, 0.3) is 0 Å². The second-order valence-electron chi connectivity index (χ2n) is 17.0. The molecule has 0 saturated carbocycles. The molecule has 0 saturated heterocycles. The first kappa shape index (κ1) is 46.1. The van der Waals surface area contributed by atoms with Crippen LogP contribution in [0.4, 0.5) is 0 Å². The van der Waals surface area contributed by atoms with Crippen LogP contribution in [0.1, 0.15) is 0 Å². The molecule has 0 amide bonds. The summed E-state index contributed by atoms with van der Waals surface area (Å²) in [5.41, 5.74) is 15.7. The molecule has 0 spiro atoms. The molecule has 0 atom stereocenters. The van der Waals surface area contributed by atoms with Crippen LogP contribution in [0.15, 0.2) is 268 Å². The van der Waals surface area contributed by atoms with Crippen LogP contribution in [0.2, 0.25) is 0 Å². The van der Waals surface area contributed by atoms with Gasteiger partial charge < -0.3 is 9.47 Å². The van der Waals surface area contributed by atoms with Crippen molar-refractivity contribution in [3.05, 3.63) is 268 Å². The lowest BCUT2D eigenvalue weighted by atomic mass is 9.99. The molecule has 0 fully saturated rings. The fourth-order valence-electron chi connectivity index (χ4n) is 8.47. The van der Waals surface area contributed by atoms with E-state index in [1.807, 2.05) is 146 Å². The third-order valence-electron chi connectivity index (χ3n) is 12.0. The summed E-state index contributed by atoms with van der Waals surface area (Å²) < 4.78 is 13.1. The van der Waals surface area contributed by atoms with Gasteiger partial charge in [0.1, 0.15) is 23.0 Å². The van der Waals surface area contributed by atoms with Gasteiger partial charge in [0.05, 0.1) is 22.8 Å². The molecule has 352 valence electrons. The Morgan fingerprint density at radius 3 is 0.622 bits per heavy atom. The van der Waals surface area contributed by atoms with Crippen LogP contribution in [0.5, 0.6) is 23.0 Å². The number of benzene rings is 4. The quantitative estimate of drug-likeness (QED) is 0.117. The minimum Gasteiger partial charge on any atom is -0.457 e. The molecule has 10 heteroatoms. The van der Waals surface area contributed by atoms with Crippen LogP contribution in [0, 0.1) is 0 Å². The highest BCUT2D eigenvalue weighted by Crippen LogP contribution is 2.39. The van der Waals surface area contributed by atoms with Crippen molar-refractivity contribution in [1.29, 1.82) is 0 Å². The highest BCUT2D eigenvalue weighted by Gasteiger charge is 2.14. The largest absolute Gasteiger partial charge is 0.457 e. The van der Waals surface area contributed by atoms with E-state index in [-0.39, 0.29) is 0 Å². The number of nitrogens with zero attached hydrogens (tertiary/aromatic N) is 8. The summed E-state index contributed by atoms with van der Waals surface area (Å²) in [4.78, 5) is 34.9. The van der Waals surface area contributed by atoms with Crippen molar-refractivity contribution in [2.45, 2.75) is 0 Å². The summed E-state index contributed by atoms with van der Waals surface area (Å²) in [6.07, 6.45) is 21.6. The predicted octanol–water partition coefficient (Wildman–Crippen LogP) is 15.5. The number of hydrogen-bond donors (Lipinski definition) is 0. The van der Waals surface area contributed by atoms with Gasteiger partial charge in [0.15, 0.2) is 0 Å². The number of ether oxygens (including phenoxy) is 2. The Bertz CT molecular complexity index is 3020. The lowest BCUT2D eigenvalue weighted by Crippen LogP contribution is -1.92. The van der Waals surface area contributed by atoms with Gasteiger partial charge in [0.2, 0.25) is 0 Å². The van der Waals surface area contributed by atoms with Gasteiger partial charge >= 0.3 is 0 Å². The van der Waals surface area contributed by atoms with Crippen LogP contribution in [-0.2, 0) is 0 Å². The van der Waals surface area contributed by atoms with Crippen LogP contribution >= 0.6 is 0 Å². The maximum Gasteiger partial charge on any atom is 0.128 e. The summed E-state index contributed by atoms with van der Waals surface area (Å²) in [6, 6.07) is 64.2. The van der Waals surface area contributed by atoms with Gasteiger partial charge in [-0.15, -0.1) is 0 Å². The molecule has 0 radical (unpaired) electrons. The zero-order valence-electron chi connectivity index (χ0n) is 39.8. The summed E-state index contributed by atoms with van der Waals surface area (Å²) >= 11 is 0. The summed E-state index contributed by atoms with van der Waals surface area (Å²) in [6.45, 7) is 0. The molecule has 0 aliphatic heterocycles. The maximum atomic E-state index is 6.56. The molecule has 4 aromatic carbocycles. The van der Waals surface area contributed by atoms with Gasteiger partial charge in [-0.05, 0) is 214 Å². The maximum absolute atomic E-state index is 6.56. The summed E-state index contributed by atoms with van der Waals surface area (Å²) in [5, 5.41) is 0. The molecular formula is C64H44N8O2. The van der Waals surface area contributed by atoms with Crippen molar-refractivity contribution < 1.29 is 9.47 Å². The highest BCUT2D eigenvalue weighted by atomic mass is 16.5. The monoisotopic (exact) mass is 956 g/mol. The number of aromatic nitrogens is 8. The fourth-order valence-corrected chi connectivity index (χ4v) is 8.47. The summed E-state index contributed by atoms with van der Waals surface area (Å²) in [5.74, 6) is 2.87. The van der Waals surface area contributed by atoms with E-state index in [2.05, 4.69) is 88.4 Å². The molecule has 10 nitrogen and oxygen atoms in total. The first-order valence-electron chi connectivity index (χ1n) is 23.9. The van der Waals surface area contributed by atoms with E-state index in [4.69, 9.17) is 9.47 Å². The predicted molar refractivity (Wildman–Crippen MR) is 292 cm³/mol. The van der Waals surface area contributed by atoms with Crippen molar-refractivity contribution in [3.8, 4) is 113 Å². The number of pyridine rings is 8. The van der Waals surface area contributed by atoms with E-state index in [9.17, 15) is 0 Å². The lowest BCUT2D eigenvalue weighted by molar-refractivity contribution is 0.483. The van der Waals surface area contributed by atoms with E-state index in [0.717, 1.165) is 101 Å². The Hall–Kier alpha value is -10.3. The molecule has 12 aromatic rings. The molecule has 0 aliphatic carbocycles. The molecule has 0 aliphatic rings. The van der Waals surface area contributed by atoms with Crippen LogP contribution in [0.25, 0.3) is 89.5 Å². The summed E-state index contributed by atoms with van der Waals surface area (Å²) in [7, 11) is 0. The molecule has 8 aromatic heterocycles. The Morgan fingerprint density at radius 2 is 0.405 bits per heavy atom. The number of hydrogen-bond acceptors (Lipinski definition) is 10. The van der Waals surface area contributed by atoms with Crippen molar-refractivity contribution >= 4 is 0 Å². The third-order valence-corrected chi connectivity index (χ3v) is 12.0. The third kappa shape index (κ3) is 11.3. The lowest BCUT2D eigenvalue weighted by Gasteiger charge is -2.14. The molecule has 0 bridgehead atoms. The molecule has 0 N–H and O–H groups in total. The van der Waals surface area contributed by atoms with Crippen LogP contribution in [-0.4, -0.2) is 39.9 Å². The van der Waals surface area contributed by atoms with Gasteiger partial charge in [-0.3, -0.25) is 39.9 Å². The average Bonchev–Trinajstić information content (AvgIpc) is 3.49. The Labute approximate surface area is 428 Å². The fraction of sp³-hybridized carbons (Fsp3) is 0. The first-order valence-corrected chi connectivity index (χ1v) is 23.9. The van der Waals surface area contributed by atoms with Gasteiger partial charge in [0, 0.05) is 96.6 Å². The topological polar surface area (TPSA) is 122 Å². The highest BCUT2D eigenvalue weighted by molar-refractivity contribution is 5.78. The van der Waals surface area contributed by atoms with E-state index < -0.39 is 0 Å². The Morgan fingerprint density at radius 1 is 0.189 bits per heavy atom. The van der Waals surface area contributed by atoms with Crippen molar-refractivity contribution in [2.75, 3.05) is 0 Å². The van der Waals surface area contributed by atoms with E-state index in [0.29, 0.717) is 11.5 Å². The second kappa shape index (κ2) is 22.2. The van der Waals surface area contributed by atoms with Crippen molar-refractivity contribution in [1.82, 2.24) is 39.9 Å². The smallest absolute Gasteiger partial charge is 0.128 e. The second-order valence-corrected chi connectivity index (χ2v) is 17.0. The van der Waals surface area contributed by atoms with Gasteiger partial charge in [-0.25, -0.2) is 0 Å². The molecular weight excluding hydrogens is 913 g/mol. The first-order chi connectivity index (χ1) is 36.6. The average molecular weight is 957 g/mol. The van der Waals surface area contributed by atoms with E-state index >= 15 is 0 Å². The number of rotatable bonds is 12. The van der Waals surface area contributed by atoms with Crippen LogP contribution < -0.4 is 9.47 Å². The van der Waals surface area contributed by atoms with Crippen molar-refractivity contribution in [2.24, 2.45) is 0 Å². The molecule has 0 unspecified atom stereocenters. The zero-order valence-corrected chi connectivity index (χ0v) is 39.8. The van der Waals surface area contributed by atoms with Crippen LogP contribution in [0.3, 0.4) is 0 Å². The Balaban J connectivity index is 0.000000159. The van der Waals surface area contributed by atoms with Gasteiger partial charge in [-0.2, -0.15) is 0 Å². The Kier molecular flexibility index (Phi) is 13.8. The standard InChI is InChI=1S/2C32H22N4O/c1-9-33-10-2-23(1)27-17-28(24-3-11-34-12-4-24)20-31(19-27)37-32-21-29(25-5-13-35-14-6-25)18-30(22-32)26-7-15-36-16-8-26;1-5-13-33-29(9-1)23-17-24(30-10-2-6-14-34-30)20-27(19-23)37-28-21-25(31-11-3-7-15-35-31)18-26(22-28)32-12-4-8-16-36-32/h2*1-22H. The van der Waals surface area contributed by atoms with E-state index in [1.165, 1.54) is 0 Å². The molecule has 74 heavy (non-hydrogen) atoms. The van der Waals surface area contributed by atoms with Crippen molar-refractivity contribution in [3.63, 3.8) is 0 Å². The SMILES string of the molecule is c1cc(-c2cc(Oc3cc(-c4ccncc4)cc(-c4ccncc4)c3)cc(-c3ccncc3)c2)ccn1.c1ccc(-c2cc(Oc3cc(-c4ccccn4)cc(-c4ccccn4)c3)cc(-c3ccccn3)c2)nc1. The zero-order chi connectivity index (χ0) is 49.7. The molecule has 12 rings (SSSR count). The molecule has 8 heterocycles. The van der Waals surface area contributed by atoms with Gasteiger partial charge in [-0.1, -0.05) is 24.3 Å². The van der Waals surface area contributed by atoms with E-state index in [1.54, 1.807) is 74.4 Å². The normalized spacial score (nSPS) is 10.7. The minimum absolute atomic E-state index is 0.689.